The Morgan fingerprint density at radius 1 is 1.53 bits per heavy atom. The number of nitro groups is 1. The highest BCUT2D eigenvalue weighted by Crippen LogP contribution is 2.30. The van der Waals surface area contributed by atoms with Crippen molar-refractivity contribution < 1.29 is 19.6 Å². The Morgan fingerprint density at radius 3 is 2.76 bits per heavy atom. The first kappa shape index (κ1) is 13.2. The van der Waals surface area contributed by atoms with Gasteiger partial charge in [0.15, 0.2) is 0 Å². The molecule has 90 valence electrons. The summed E-state index contributed by atoms with van der Waals surface area (Å²) in [4.78, 5) is 31.3. The first-order valence-corrected chi connectivity index (χ1v) is 5.61. The van der Waals surface area contributed by atoms with E-state index < -0.39 is 10.9 Å². The first-order valence-electron chi connectivity index (χ1n) is 4.63. The standard InChI is InChI=1S/C10H9NO5S/c12-6-7-1-2-9(8(5-7)11(15)16)17-4-3-10(13)14/h1-2,5-6H,3-4H2,(H,13,14). The van der Waals surface area contributed by atoms with Crippen molar-refractivity contribution in [1.29, 1.82) is 0 Å². The largest absolute Gasteiger partial charge is 0.481 e. The fourth-order valence-electron chi connectivity index (χ4n) is 1.12. The van der Waals surface area contributed by atoms with E-state index in [4.69, 9.17) is 5.11 Å². The van der Waals surface area contributed by atoms with Gasteiger partial charge in [0.1, 0.15) is 6.29 Å². The van der Waals surface area contributed by atoms with E-state index in [2.05, 4.69) is 0 Å². The van der Waals surface area contributed by atoms with Crippen LogP contribution in [0, 0.1) is 10.1 Å². The Labute approximate surface area is 101 Å². The second-order valence-electron chi connectivity index (χ2n) is 3.09. The van der Waals surface area contributed by atoms with Gasteiger partial charge in [0.05, 0.1) is 16.2 Å². The molecule has 0 aliphatic rings. The third-order valence-electron chi connectivity index (χ3n) is 1.89. The molecule has 17 heavy (non-hydrogen) atoms. The minimum atomic E-state index is -0.954. The number of carbonyl (C=O) groups is 2. The molecule has 0 atom stereocenters. The van der Waals surface area contributed by atoms with Crippen molar-refractivity contribution in [3.05, 3.63) is 33.9 Å². The van der Waals surface area contributed by atoms with Crippen LogP contribution in [-0.2, 0) is 4.79 Å². The molecule has 0 radical (unpaired) electrons. The van der Waals surface area contributed by atoms with Gasteiger partial charge in [-0.25, -0.2) is 0 Å². The molecule has 1 rings (SSSR count). The van der Waals surface area contributed by atoms with Crippen LogP contribution in [-0.4, -0.2) is 28.0 Å². The number of carbonyl (C=O) groups excluding carboxylic acids is 1. The lowest BCUT2D eigenvalue weighted by Gasteiger charge is -2.02. The highest BCUT2D eigenvalue weighted by molar-refractivity contribution is 7.99. The van der Waals surface area contributed by atoms with E-state index in [1.807, 2.05) is 0 Å². The highest BCUT2D eigenvalue weighted by Gasteiger charge is 2.15. The Balaban J connectivity index is 2.86. The van der Waals surface area contributed by atoms with Crippen molar-refractivity contribution in [2.45, 2.75) is 11.3 Å². The van der Waals surface area contributed by atoms with Gasteiger partial charge in [-0.2, -0.15) is 0 Å². The summed E-state index contributed by atoms with van der Waals surface area (Å²) in [5, 5.41) is 19.2. The molecular formula is C10H9NO5S. The molecule has 0 aliphatic heterocycles. The van der Waals surface area contributed by atoms with Crippen LogP contribution in [0.1, 0.15) is 16.8 Å². The zero-order chi connectivity index (χ0) is 12.8. The van der Waals surface area contributed by atoms with Gasteiger partial charge in [0.25, 0.3) is 5.69 Å². The van der Waals surface area contributed by atoms with E-state index in [1.54, 1.807) is 0 Å². The Kier molecular flexibility index (Phi) is 4.65. The molecule has 1 N–H and O–H groups in total. The van der Waals surface area contributed by atoms with Gasteiger partial charge in [-0.1, -0.05) is 6.07 Å². The summed E-state index contributed by atoms with van der Waals surface area (Å²) in [6.07, 6.45) is 0.454. The molecule has 0 aliphatic carbocycles. The third kappa shape index (κ3) is 3.87. The first-order chi connectivity index (χ1) is 8.04. The van der Waals surface area contributed by atoms with Gasteiger partial charge >= 0.3 is 5.97 Å². The van der Waals surface area contributed by atoms with Gasteiger partial charge in [-0.3, -0.25) is 19.7 Å². The quantitative estimate of drug-likeness (QED) is 0.361. The van der Waals surface area contributed by atoms with Crippen LogP contribution >= 0.6 is 11.8 Å². The van der Waals surface area contributed by atoms with Crippen LogP contribution in [0.2, 0.25) is 0 Å². The molecule has 0 unspecified atom stereocenters. The van der Waals surface area contributed by atoms with Crippen LogP contribution in [0.15, 0.2) is 23.1 Å². The van der Waals surface area contributed by atoms with Gasteiger partial charge in [0.2, 0.25) is 0 Å². The number of benzene rings is 1. The predicted molar refractivity (Wildman–Crippen MR) is 61.5 cm³/mol. The maximum absolute atomic E-state index is 10.7. The number of aldehydes is 1. The zero-order valence-corrected chi connectivity index (χ0v) is 9.48. The molecule has 7 heteroatoms. The van der Waals surface area contributed by atoms with Crippen molar-refractivity contribution in [2.75, 3.05) is 5.75 Å². The van der Waals surface area contributed by atoms with E-state index in [0.717, 1.165) is 11.8 Å². The summed E-state index contributed by atoms with van der Waals surface area (Å²) in [5.74, 6) is -0.707. The molecule has 0 saturated carbocycles. The molecule has 0 bridgehead atoms. The normalized spacial score (nSPS) is 9.88. The average molecular weight is 255 g/mol. The van der Waals surface area contributed by atoms with Crippen LogP contribution in [0.3, 0.4) is 0 Å². The summed E-state index contributed by atoms with van der Waals surface area (Å²) < 4.78 is 0. The summed E-state index contributed by atoms with van der Waals surface area (Å²) in [7, 11) is 0. The number of carboxylic acids is 1. The van der Waals surface area contributed by atoms with Crippen LogP contribution in [0.25, 0.3) is 0 Å². The van der Waals surface area contributed by atoms with Crippen molar-refractivity contribution >= 4 is 29.7 Å². The van der Waals surface area contributed by atoms with E-state index in [0.29, 0.717) is 11.2 Å². The van der Waals surface area contributed by atoms with E-state index >= 15 is 0 Å². The summed E-state index contributed by atoms with van der Waals surface area (Å²) >= 11 is 1.08. The van der Waals surface area contributed by atoms with Gasteiger partial charge < -0.3 is 5.11 Å². The van der Waals surface area contributed by atoms with E-state index in [-0.39, 0.29) is 23.4 Å². The number of hydrogen-bond acceptors (Lipinski definition) is 5. The van der Waals surface area contributed by atoms with Crippen molar-refractivity contribution in [3.63, 3.8) is 0 Å². The molecule has 0 amide bonds. The molecule has 6 nitrogen and oxygen atoms in total. The molecular weight excluding hydrogens is 246 g/mol. The smallest absolute Gasteiger partial charge is 0.304 e. The Bertz CT molecular complexity index is 460. The second-order valence-corrected chi connectivity index (χ2v) is 4.23. The highest BCUT2D eigenvalue weighted by atomic mass is 32.2. The van der Waals surface area contributed by atoms with Gasteiger partial charge in [-0.05, 0) is 6.07 Å². The number of carboxylic acid groups (broad SMARTS) is 1. The van der Waals surface area contributed by atoms with E-state index in [9.17, 15) is 19.7 Å². The lowest BCUT2D eigenvalue weighted by atomic mass is 10.2. The molecule has 0 saturated heterocycles. The number of thioether (sulfide) groups is 1. The van der Waals surface area contributed by atoms with Crippen LogP contribution in [0.5, 0.6) is 0 Å². The second kappa shape index (κ2) is 6.00. The molecule has 1 aromatic rings. The van der Waals surface area contributed by atoms with Crippen molar-refractivity contribution in [1.82, 2.24) is 0 Å². The summed E-state index contributed by atoms with van der Waals surface area (Å²) in [6, 6.07) is 4.09. The van der Waals surface area contributed by atoms with Crippen molar-refractivity contribution in [2.24, 2.45) is 0 Å². The van der Waals surface area contributed by atoms with Crippen LogP contribution < -0.4 is 0 Å². The maximum Gasteiger partial charge on any atom is 0.304 e. The Hall–Kier alpha value is -1.89. The lowest BCUT2D eigenvalue weighted by Crippen LogP contribution is -1.97. The van der Waals surface area contributed by atoms with Gasteiger partial charge in [0, 0.05) is 17.4 Å². The lowest BCUT2D eigenvalue weighted by molar-refractivity contribution is -0.387. The molecule has 0 spiro atoms. The molecule has 0 fully saturated rings. The number of nitrogens with zero attached hydrogens (tertiary/aromatic N) is 1. The number of hydrogen-bond donors (Lipinski definition) is 1. The SMILES string of the molecule is O=Cc1ccc(SCCC(=O)O)c([N+](=O)[O-])c1. The summed E-state index contributed by atoms with van der Waals surface area (Å²) in [6.45, 7) is 0. The minimum Gasteiger partial charge on any atom is -0.481 e. The monoisotopic (exact) mass is 255 g/mol. The minimum absolute atomic E-state index is 0.0722. The molecule has 0 heterocycles. The fourth-order valence-corrected chi connectivity index (χ4v) is 2.06. The topological polar surface area (TPSA) is 97.5 Å². The fraction of sp³-hybridized carbons (Fsp3) is 0.200. The number of aliphatic carboxylic acids is 1. The average Bonchev–Trinajstić information content (AvgIpc) is 2.28. The molecule has 0 aromatic heterocycles. The Morgan fingerprint density at radius 2 is 2.24 bits per heavy atom. The molecule has 1 aromatic carbocycles. The third-order valence-corrected chi connectivity index (χ3v) is 2.95. The summed E-state index contributed by atoms with van der Waals surface area (Å²) in [5.41, 5.74) is 0.0456. The van der Waals surface area contributed by atoms with Gasteiger partial charge in [-0.15, -0.1) is 11.8 Å². The van der Waals surface area contributed by atoms with Crippen LogP contribution in [0.4, 0.5) is 5.69 Å². The van der Waals surface area contributed by atoms with E-state index in [1.165, 1.54) is 18.2 Å². The maximum atomic E-state index is 10.7. The number of rotatable bonds is 6. The van der Waals surface area contributed by atoms with Crippen molar-refractivity contribution in [3.8, 4) is 0 Å². The number of nitro benzene ring substituents is 1. The zero-order valence-electron chi connectivity index (χ0n) is 8.66. The predicted octanol–water partition coefficient (Wildman–Crippen LogP) is 1.97.